The lowest BCUT2D eigenvalue weighted by Crippen LogP contribution is -2.49. The Hall–Kier alpha value is -2.34. The van der Waals surface area contributed by atoms with E-state index < -0.39 is 0 Å². The molecule has 0 unspecified atom stereocenters. The van der Waals surface area contributed by atoms with E-state index in [0.717, 1.165) is 51.5 Å². The Kier molecular flexibility index (Phi) is 6.87. The highest BCUT2D eigenvalue weighted by Gasteiger charge is 2.20. The maximum absolute atomic E-state index is 4.37. The molecule has 1 saturated heterocycles. The van der Waals surface area contributed by atoms with Gasteiger partial charge in [0.1, 0.15) is 0 Å². The number of hydrogen-bond acceptors (Lipinski definition) is 3. The van der Waals surface area contributed by atoms with Gasteiger partial charge in [0.15, 0.2) is 5.96 Å². The number of rotatable bonds is 6. The van der Waals surface area contributed by atoms with Gasteiger partial charge in [0.05, 0.1) is 12.7 Å². The summed E-state index contributed by atoms with van der Waals surface area (Å²) in [5.74, 6) is 0.885. The zero-order valence-corrected chi connectivity index (χ0v) is 16.8. The number of nitrogens with zero attached hydrogens (tertiary/aromatic N) is 4. The number of benzene rings is 1. The topological polar surface area (TPSA) is 57.5 Å². The molecule has 0 amide bonds. The Morgan fingerprint density at radius 2 is 2.00 bits per heavy atom. The summed E-state index contributed by atoms with van der Waals surface area (Å²) in [5.41, 5.74) is 4.01. The predicted molar refractivity (Wildman–Crippen MR) is 111 cm³/mol. The molecule has 1 aliphatic rings. The van der Waals surface area contributed by atoms with Crippen molar-refractivity contribution in [1.82, 2.24) is 25.3 Å². The highest BCUT2D eigenvalue weighted by atomic mass is 15.3. The molecule has 0 atom stereocenters. The van der Waals surface area contributed by atoms with E-state index in [0.29, 0.717) is 6.04 Å². The average Bonchev–Trinajstić information content (AvgIpc) is 3.09. The average molecular weight is 369 g/mol. The first-order valence-electron chi connectivity index (χ1n) is 9.87. The van der Waals surface area contributed by atoms with Crippen LogP contribution in [0.15, 0.2) is 41.7 Å². The van der Waals surface area contributed by atoms with Crippen molar-refractivity contribution in [3.63, 3.8) is 0 Å². The van der Waals surface area contributed by atoms with Crippen molar-refractivity contribution >= 4 is 5.96 Å². The van der Waals surface area contributed by atoms with Crippen LogP contribution in [0.1, 0.15) is 29.5 Å². The zero-order chi connectivity index (χ0) is 19.1. The number of aryl methyl sites for hydroxylation is 2. The van der Waals surface area contributed by atoms with Gasteiger partial charge in [-0.3, -0.25) is 14.6 Å². The van der Waals surface area contributed by atoms with Gasteiger partial charge in [-0.2, -0.15) is 5.10 Å². The molecule has 27 heavy (non-hydrogen) atoms. The van der Waals surface area contributed by atoms with Crippen molar-refractivity contribution < 1.29 is 0 Å². The van der Waals surface area contributed by atoms with E-state index >= 15 is 0 Å². The molecule has 2 N–H and O–H groups in total. The van der Waals surface area contributed by atoms with Crippen molar-refractivity contribution in [3.05, 3.63) is 53.3 Å². The standard InChI is InChI=1S/C21H32N6/c1-17-14-24-27(15-17)13-10-23-21(22-3)25-20-8-11-26(12-9-20)16-19-7-5-4-6-18(19)2/h4-7,14-15,20H,8-13,16H2,1-3H3,(H2,22,23,25). The van der Waals surface area contributed by atoms with Crippen LogP contribution < -0.4 is 10.6 Å². The number of guanidine groups is 1. The lowest BCUT2D eigenvalue weighted by Gasteiger charge is -2.33. The van der Waals surface area contributed by atoms with Crippen LogP contribution in [-0.2, 0) is 13.1 Å². The van der Waals surface area contributed by atoms with Crippen molar-refractivity contribution in [2.75, 3.05) is 26.7 Å². The van der Waals surface area contributed by atoms with Crippen molar-refractivity contribution in [3.8, 4) is 0 Å². The van der Waals surface area contributed by atoms with E-state index in [-0.39, 0.29) is 0 Å². The minimum Gasteiger partial charge on any atom is -0.355 e. The van der Waals surface area contributed by atoms with Gasteiger partial charge < -0.3 is 10.6 Å². The Labute approximate surface area is 162 Å². The normalized spacial score (nSPS) is 16.5. The van der Waals surface area contributed by atoms with Crippen LogP contribution in [0.3, 0.4) is 0 Å². The third-order valence-electron chi connectivity index (χ3n) is 5.20. The van der Waals surface area contributed by atoms with E-state index in [2.05, 4.69) is 69.9 Å². The monoisotopic (exact) mass is 368 g/mol. The maximum Gasteiger partial charge on any atom is 0.191 e. The van der Waals surface area contributed by atoms with Crippen LogP contribution in [-0.4, -0.2) is 53.4 Å². The summed E-state index contributed by atoms with van der Waals surface area (Å²) in [7, 11) is 1.83. The fraction of sp³-hybridized carbons (Fsp3) is 0.524. The molecule has 0 aliphatic carbocycles. The fourth-order valence-corrected chi connectivity index (χ4v) is 3.53. The van der Waals surface area contributed by atoms with Crippen LogP contribution in [0.25, 0.3) is 0 Å². The summed E-state index contributed by atoms with van der Waals surface area (Å²) < 4.78 is 1.96. The van der Waals surface area contributed by atoms with Gasteiger partial charge in [0.25, 0.3) is 0 Å². The number of hydrogen-bond donors (Lipinski definition) is 2. The fourth-order valence-electron chi connectivity index (χ4n) is 3.53. The summed E-state index contributed by atoms with van der Waals surface area (Å²) in [6.07, 6.45) is 6.23. The second-order valence-corrected chi connectivity index (χ2v) is 7.40. The minimum atomic E-state index is 0.483. The van der Waals surface area contributed by atoms with Crippen molar-refractivity contribution in [2.45, 2.75) is 45.8 Å². The van der Waals surface area contributed by atoms with Crippen molar-refractivity contribution in [1.29, 1.82) is 0 Å². The SMILES string of the molecule is CN=C(NCCn1cc(C)cn1)NC1CCN(Cc2ccccc2C)CC1. The number of piperidine rings is 1. The largest absolute Gasteiger partial charge is 0.355 e. The molecule has 0 radical (unpaired) electrons. The summed E-state index contributed by atoms with van der Waals surface area (Å²) >= 11 is 0. The molecule has 0 bridgehead atoms. The molecule has 0 saturated carbocycles. The Morgan fingerprint density at radius 1 is 1.22 bits per heavy atom. The van der Waals surface area contributed by atoms with E-state index in [4.69, 9.17) is 0 Å². The zero-order valence-electron chi connectivity index (χ0n) is 16.8. The van der Waals surface area contributed by atoms with Crippen molar-refractivity contribution in [2.24, 2.45) is 4.99 Å². The minimum absolute atomic E-state index is 0.483. The first-order valence-corrected chi connectivity index (χ1v) is 9.87. The highest BCUT2D eigenvalue weighted by Crippen LogP contribution is 2.16. The quantitative estimate of drug-likeness (QED) is 0.607. The Morgan fingerprint density at radius 3 is 2.67 bits per heavy atom. The number of likely N-dealkylation sites (tertiary alicyclic amines) is 1. The molecule has 1 aromatic carbocycles. The van der Waals surface area contributed by atoms with E-state index in [1.54, 1.807) is 0 Å². The molecule has 1 aromatic heterocycles. The van der Waals surface area contributed by atoms with Gasteiger partial charge in [-0.15, -0.1) is 0 Å². The first-order chi connectivity index (χ1) is 13.1. The van der Waals surface area contributed by atoms with Crippen LogP contribution in [0.2, 0.25) is 0 Å². The lowest BCUT2D eigenvalue weighted by molar-refractivity contribution is 0.198. The van der Waals surface area contributed by atoms with Crippen LogP contribution in [0.4, 0.5) is 0 Å². The number of aliphatic imine (C=N–C) groups is 1. The summed E-state index contributed by atoms with van der Waals surface area (Å²) in [4.78, 5) is 6.92. The highest BCUT2D eigenvalue weighted by molar-refractivity contribution is 5.79. The maximum atomic E-state index is 4.37. The van der Waals surface area contributed by atoms with Gasteiger partial charge >= 0.3 is 0 Å². The van der Waals surface area contributed by atoms with Gasteiger partial charge in [0, 0.05) is 45.5 Å². The number of aromatic nitrogens is 2. The summed E-state index contributed by atoms with van der Waals surface area (Å²) in [6.45, 7) is 9.20. The Balaban J connectivity index is 1.39. The van der Waals surface area contributed by atoms with Gasteiger partial charge in [-0.1, -0.05) is 24.3 Å². The molecule has 0 spiro atoms. The van der Waals surface area contributed by atoms with E-state index in [1.807, 2.05) is 17.9 Å². The first kappa shape index (κ1) is 19.4. The van der Waals surface area contributed by atoms with Gasteiger partial charge in [-0.25, -0.2) is 0 Å². The lowest BCUT2D eigenvalue weighted by atomic mass is 10.0. The Bertz CT molecular complexity index is 743. The molecular weight excluding hydrogens is 336 g/mol. The molecular formula is C21H32N6. The second kappa shape index (κ2) is 9.55. The molecule has 1 aliphatic heterocycles. The predicted octanol–water partition coefficient (Wildman–Crippen LogP) is 2.33. The molecule has 2 heterocycles. The van der Waals surface area contributed by atoms with Gasteiger partial charge in [0.2, 0.25) is 0 Å². The second-order valence-electron chi connectivity index (χ2n) is 7.40. The van der Waals surface area contributed by atoms with Crippen LogP contribution >= 0.6 is 0 Å². The molecule has 146 valence electrons. The summed E-state index contributed by atoms with van der Waals surface area (Å²) in [5, 5.41) is 11.3. The molecule has 1 fully saturated rings. The summed E-state index contributed by atoms with van der Waals surface area (Å²) in [6, 6.07) is 9.17. The van der Waals surface area contributed by atoms with Crippen LogP contribution in [0.5, 0.6) is 0 Å². The molecule has 6 heteroatoms. The third-order valence-corrected chi connectivity index (χ3v) is 5.20. The molecule has 3 rings (SSSR count). The molecule has 2 aromatic rings. The van der Waals surface area contributed by atoms with Crippen LogP contribution in [0, 0.1) is 13.8 Å². The third kappa shape index (κ3) is 5.82. The smallest absolute Gasteiger partial charge is 0.191 e. The van der Waals surface area contributed by atoms with E-state index in [9.17, 15) is 0 Å². The number of nitrogens with one attached hydrogen (secondary N) is 2. The molecule has 6 nitrogen and oxygen atoms in total. The van der Waals surface area contributed by atoms with Gasteiger partial charge in [-0.05, 0) is 43.4 Å². The van der Waals surface area contributed by atoms with E-state index in [1.165, 1.54) is 16.7 Å².